The first kappa shape index (κ1) is 19.1. The molecule has 0 aromatic heterocycles. The topological polar surface area (TPSA) is 39.7 Å². The molecule has 0 bridgehead atoms. The maximum atomic E-state index is 6.04. The molecule has 4 nitrogen and oxygen atoms in total. The third-order valence-corrected chi connectivity index (χ3v) is 4.10. The molecule has 0 radical (unpaired) electrons. The highest BCUT2D eigenvalue weighted by Gasteiger charge is 2.12. The van der Waals surface area contributed by atoms with E-state index >= 15 is 0 Å². The normalized spacial score (nSPS) is 10.2. The van der Waals surface area contributed by atoms with Crippen molar-refractivity contribution in [3.05, 3.63) is 53.1 Å². The SMILES string of the molecule is CCOC(=S)Nc1cccc(OC)c1COc1ccc(CC)cc1C. The molecule has 134 valence electrons. The molecule has 0 aliphatic heterocycles. The molecule has 1 N–H and O–H groups in total. The summed E-state index contributed by atoms with van der Waals surface area (Å²) in [6.07, 6.45) is 1.01. The Morgan fingerprint density at radius 2 is 1.92 bits per heavy atom. The average Bonchev–Trinajstić information content (AvgIpc) is 2.61. The van der Waals surface area contributed by atoms with Gasteiger partial charge in [-0.2, -0.15) is 0 Å². The van der Waals surface area contributed by atoms with Crippen LogP contribution in [-0.4, -0.2) is 18.9 Å². The van der Waals surface area contributed by atoms with Crippen molar-refractivity contribution in [1.82, 2.24) is 0 Å². The lowest BCUT2D eigenvalue weighted by Crippen LogP contribution is -2.15. The summed E-state index contributed by atoms with van der Waals surface area (Å²) in [7, 11) is 1.64. The predicted octanol–water partition coefficient (Wildman–Crippen LogP) is 4.88. The van der Waals surface area contributed by atoms with Crippen LogP contribution in [-0.2, 0) is 17.8 Å². The van der Waals surface area contributed by atoms with Gasteiger partial charge < -0.3 is 19.5 Å². The molecule has 0 atom stereocenters. The zero-order valence-electron chi connectivity index (χ0n) is 15.2. The molecule has 0 aliphatic carbocycles. The highest BCUT2D eigenvalue weighted by molar-refractivity contribution is 7.80. The van der Waals surface area contributed by atoms with Crippen molar-refractivity contribution >= 4 is 23.1 Å². The van der Waals surface area contributed by atoms with Crippen molar-refractivity contribution in [3.8, 4) is 11.5 Å². The summed E-state index contributed by atoms with van der Waals surface area (Å²) in [5, 5.41) is 3.44. The van der Waals surface area contributed by atoms with Crippen LogP contribution < -0.4 is 14.8 Å². The predicted molar refractivity (Wildman–Crippen MR) is 106 cm³/mol. The van der Waals surface area contributed by atoms with E-state index < -0.39 is 0 Å². The van der Waals surface area contributed by atoms with Crippen LogP contribution in [0.4, 0.5) is 5.69 Å². The van der Waals surface area contributed by atoms with E-state index in [0.29, 0.717) is 18.4 Å². The number of rotatable bonds is 7. The third-order valence-electron chi connectivity index (χ3n) is 3.88. The lowest BCUT2D eigenvalue weighted by molar-refractivity contribution is 0.295. The van der Waals surface area contributed by atoms with Gasteiger partial charge in [0, 0.05) is 0 Å². The monoisotopic (exact) mass is 359 g/mol. The maximum absolute atomic E-state index is 6.04. The van der Waals surface area contributed by atoms with Crippen molar-refractivity contribution in [1.29, 1.82) is 0 Å². The standard InChI is InChI=1S/C20H25NO3S/c1-5-15-10-11-18(14(3)12-15)24-13-16-17(21-20(25)23-6-2)8-7-9-19(16)22-4/h7-12H,5-6,13H2,1-4H3,(H,21,25). The molecule has 0 saturated heterocycles. The van der Waals surface area contributed by atoms with Gasteiger partial charge in [0.15, 0.2) is 0 Å². The molecule has 0 saturated carbocycles. The molecule has 0 heterocycles. The Kier molecular flexibility index (Phi) is 7.07. The largest absolute Gasteiger partial charge is 0.496 e. The summed E-state index contributed by atoms with van der Waals surface area (Å²) in [5.74, 6) is 1.61. The number of anilines is 1. The van der Waals surface area contributed by atoms with Gasteiger partial charge in [0.25, 0.3) is 5.17 Å². The zero-order chi connectivity index (χ0) is 18.2. The zero-order valence-corrected chi connectivity index (χ0v) is 16.0. The van der Waals surface area contributed by atoms with E-state index in [-0.39, 0.29) is 0 Å². The fourth-order valence-electron chi connectivity index (χ4n) is 2.54. The number of thiocarbonyl (C=S) groups is 1. The summed E-state index contributed by atoms with van der Waals surface area (Å²) in [6.45, 7) is 6.98. The van der Waals surface area contributed by atoms with Crippen LogP contribution in [0.25, 0.3) is 0 Å². The first-order chi connectivity index (χ1) is 12.1. The molecular weight excluding hydrogens is 334 g/mol. The van der Waals surface area contributed by atoms with Crippen molar-refractivity contribution in [2.24, 2.45) is 0 Å². The van der Waals surface area contributed by atoms with Crippen LogP contribution in [0.15, 0.2) is 36.4 Å². The summed E-state index contributed by atoms with van der Waals surface area (Å²) >= 11 is 5.19. The minimum Gasteiger partial charge on any atom is -0.496 e. The van der Waals surface area contributed by atoms with Crippen LogP contribution >= 0.6 is 12.2 Å². The van der Waals surface area contributed by atoms with Gasteiger partial charge in [0.2, 0.25) is 0 Å². The first-order valence-electron chi connectivity index (χ1n) is 8.41. The van der Waals surface area contributed by atoms with Gasteiger partial charge in [0.1, 0.15) is 18.1 Å². The van der Waals surface area contributed by atoms with E-state index in [4.69, 9.17) is 26.4 Å². The smallest absolute Gasteiger partial charge is 0.261 e. The Labute approximate surface area is 155 Å². The second-order valence-corrected chi connectivity index (χ2v) is 5.94. The van der Waals surface area contributed by atoms with Gasteiger partial charge in [-0.1, -0.05) is 25.1 Å². The highest BCUT2D eigenvalue weighted by atomic mass is 32.1. The Hall–Kier alpha value is -2.27. The van der Waals surface area contributed by atoms with Crippen molar-refractivity contribution in [3.63, 3.8) is 0 Å². The summed E-state index contributed by atoms with van der Waals surface area (Å²) < 4.78 is 16.8. The van der Waals surface area contributed by atoms with Crippen LogP contribution in [0.5, 0.6) is 11.5 Å². The van der Waals surface area contributed by atoms with E-state index in [1.807, 2.05) is 31.2 Å². The number of hydrogen-bond acceptors (Lipinski definition) is 4. The molecule has 5 heteroatoms. The highest BCUT2D eigenvalue weighted by Crippen LogP contribution is 2.29. The van der Waals surface area contributed by atoms with Gasteiger partial charge in [0.05, 0.1) is 25.0 Å². The summed E-state index contributed by atoms with van der Waals surface area (Å²) in [6, 6.07) is 12.0. The van der Waals surface area contributed by atoms with Crippen LogP contribution in [0.2, 0.25) is 0 Å². The molecule has 0 amide bonds. The minimum atomic E-state index is 0.334. The Bertz CT molecular complexity index is 731. The molecular formula is C20H25NO3S. The molecule has 2 rings (SSSR count). The lowest BCUT2D eigenvalue weighted by Gasteiger charge is -2.17. The van der Waals surface area contributed by atoms with E-state index in [2.05, 4.69) is 31.3 Å². The van der Waals surface area contributed by atoms with Gasteiger partial charge in [-0.25, -0.2) is 0 Å². The number of benzene rings is 2. The molecule has 0 aliphatic rings. The van der Waals surface area contributed by atoms with Gasteiger partial charge >= 0.3 is 0 Å². The number of nitrogens with one attached hydrogen (secondary N) is 1. The molecule has 2 aromatic rings. The van der Waals surface area contributed by atoms with Crippen LogP contribution in [0.1, 0.15) is 30.5 Å². The van der Waals surface area contributed by atoms with Crippen molar-refractivity contribution in [2.75, 3.05) is 19.0 Å². The number of aryl methyl sites for hydroxylation is 2. The van der Waals surface area contributed by atoms with Gasteiger partial charge in [-0.05, 0) is 61.8 Å². The van der Waals surface area contributed by atoms with Crippen LogP contribution in [0.3, 0.4) is 0 Å². The quantitative estimate of drug-likeness (QED) is 0.714. The van der Waals surface area contributed by atoms with Gasteiger partial charge in [-0.3, -0.25) is 0 Å². The Balaban J connectivity index is 2.21. The number of methoxy groups -OCH3 is 1. The van der Waals surface area contributed by atoms with E-state index in [0.717, 1.165) is 34.7 Å². The third kappa shape index (κ3) is 5.10. The van der Waals surface area contributed by atoms with Crippen LogP contribution in [0, 0.1) is 6.92 Å². The first-order valence-corrected chi connectivity index (χ1v) is 8.81. The molecule has 0 fully saturated rings. The van der Waals surface area contributed by atoms with E-state index in [9.17, 15) is 0 Å². The number of hydrogen-bond donors (Lipinski definition) is 1. The van der Waals surface area contributed by atoms with Gasteiger partial charge in [-0.15, -0.1) is 0 Å². The summed E-state index contributed by atoms with van der Waals surface area (Å²) in [5.41, 5.74) is 4.13. The Morgan fingerprint density at radius 3 is 2.56 bits per heavy atom. The van der Waals surface area contributed by atoms with Crippen molar-refractivity contribution in [2.45, 2.75) is 33.8 Å². The second-order valence-electron chi connectivity index (χ2n) is 5.57. The molecule has 0 unspecified atom stereocenters. The maximum Gasteiger partial charge on any atom is 0.261 e. The van der Waals surface area contributed by atoms with E-state index in [1.54, 1.807) is 7.11 Å². The molecule has 25 heavy (non-hydrogen) atoms. The number of ether oxygens (including phenoxy) is 3. The minimum absolute atomic E-state index is 0.334. The fraction of sp³-hybridized carbons (Fsp3) is 0.350. The molecule has 2 aromatic carbocycles. The van der Waals surface area contributed by atoms with E-state index in [1.165, 1.54) is 5.56 Å². The summed E-state index contributed by atoms with van der Waals surface area (Å²) in [4.78, 5) is 0. The molecule has 0 spiro atoms. The Morgan fingerprint density at radius 1 is 1.12 bits per heavy atom. The average molecular weight is 359 g/mol. The van der Waals surface area contributed by atoms with Crippen molar-refractivity contribution < 1.29 is 14.2 Å². The fourth-order valence-corrected chi connectivity index (χ4v) is 2.77. The second kappa shape index (κ2) is 9.28. The lowest BCUT2D eigenvalue weighted by atomic mass is 10.1.